The Kier molecular flexibility index (Phi) is 4.98. The molecule has 0 heterocycles. The SMILES string of the molecule is CNCOCC(Cl)(Cl)Cl. The summed E-state index contributed by atoms with van der Waals surface area (Å²) >= 11 is 16.0. The predicted octanol–water partition coefficient (Wildman–Crippen LogP) is 1.55. The van der Waals surface area contributed by atoms with Gasteiger partial charge in [-0.1, -0.05) is 34.8 Å². The van der Waals surface area contributed by atoms with Crippen molar-refractivity contribution >= 4 is 34.8 Å². The summed E-state index contributed by atoms with van der Waals surface area (Å²) in [6.07, 6.45) is 0. The van der Waals surface area contributed by atoms with E-state index < -0.39 is 3.79 Å². The van der Waals surface area contributed by atoms with Crippen molar-refractivity contribution in [3.05, 3.63) is 0 Å². The molecular weight excluding hydrogens is 184 g/mol. The summed E-state index contributed by atoms with van der Waals surface area (Å²) in [5.41, 5.74) is 0. The molecule has 0 atom stereocenters. The molecule has 9 heavy (non-hydrogen) atoms. The van der Waals surface area contributed by atoms with Gasteiger partial charge < -0.3 is 4.74 Å². The van der Waals surface area contributed by atoms with Crippen molar-refractivity contribution in [1.82, 2.24) is 5.32 Å². The van der Waals surface area contributed by atoms with Crippen LogP contribution in [0.3, 0.4) is 0 Å². The number of nitrogens with one attached hydrogen (secondary N) is 1. The van der Waals surface area contributed by atoms with Gasteiger partial charge in [0.1, 0.15) is 0 Å². The summed E-state index contributed by atoms with van der Waals surface area (Å²) < 4.78 is 3.55. The van der Waals surface area contributed by atoms with E-state index in [1.165, 1.54) is 0 Å². The molecule has 0 aromatic rings. The number of hydrogen-bond acceptors (Lipinski definition) is 2. The molecule has 5 heteroatoms. The Bertz CT molecular complexity index is 72.7. The van der Waals surface area contributed by atoms with Crippen LogP contribution in [-0.2, 0) is 4.74 Å². The molecule has 0 rings (SSSR count). The zero-order valence-corrected chi connectivity index (χ0v) is 7.22. The third-order valence-corrected chi connectivity index (χ3v) is 0.839. The van der Waals surface area contributed by atoms with E-state index >= 15 is 0 Å². The van der Waals surface area contributed by atoms with Crippen LogP contribution < -0.4 is 5.32 Å². The lowest BCUT2D eigenvalue weighted by Crippen LogP contribution is -2.19. The number of rotatable bonds is 3. The Morgan fingerprint density at radius 2 is 2.00 bits per heavy atom. The topological polar surface area (TPSA) is 21.3 Å². The molecule has 0 aliphatic carbocycles. The Hall–Kier alpha value is 0.790. The van der Waals surface area contributed by atoms with Crippen LogP contribution in [0.25, 0.3) is 0 Å². The highest BCUT2D eigenvalue weighted by Gasteiger charge is 2.18. The van der Waals surface area contributed by atoms with E-state index in [9.17, 15) is 0 Å². The van der Waals surface area contributed by atoms with Gasteiger partial charge in [0.2, 0.25) is 3.79 Å². The van der Waals surface area contributed by atoms with Gasteiger partial charge in [0.25, 0.3) is 0 Å². The first-order chi connectivity index (χ1) is 4.06. The van der Waals surface area contributed by atoms with Crippen molar-refractivity contribution in [3.63, 3.8) is 0 Å². The van der Waals surface area contributed by atoms with Crippen LogP contribution in [-0.4, -0.2) is 24.2 Å². The average molecular weight is 192 g/mol. The van der Waals surface area contributed by atoms with E-state index in [1.54, 1.807) is 7.05 Å². The first-order valence-electron chi connectivity index (χ1n) is 2.35. The zero-order valence-electron chi connectivity index (χ0n) is 4.96. The molecule has 0 amide bonds. The smallest absolute Gasteiger partial charge is 0.213 e. The highest BCUT2D eigenvalue weighted by molar-refractivity contribution is 6.67. The summed E-state index contributed by atoms with van der Waals surface area (Å²) in [6.45, 7) is 0.506. The Morgan fingerprint density at radius 1 is 1.44 bits per heavy atom. The van der Waals surface area contributed by atoms with Crippen molar-refractivity contribution in [2.75, 3.05) is 20.4 Å². The maximum Gasteiger partial charge on any atom is 0.213 e. The van der Waals surface area contributed by atoms with E-state index in [4.69, 9.17) is 39.5 Å². The Labute approximate surface area is 69.4 Å². The van der Waals surface area contributed by atoms with Crippen LogP contribution in [0.1, 0.15) is 0 Å². The van der Waals surface area contributed by atoms with Crippen LogP contribution in [0.4, 0.5) is 0 Å². The molecule has 0 bridgehead atoms. The van der Waals surface area contributed by atoms with Crippen LogP contribution in [0.2, 0.25) is 0 Å². The number of halogens is 3. The van der Waals surface area contributed by atoms with Crippen LogP contribution in [0.5, 0.6) is 0 Å². The summed E-state index contributed by atoms with van der Waals surface area (Å²) in [5.74, 6) is 0. The van der Waals surface area contributed by atoms with Gasteiger partial charge in [-0.3, -0.25) is 5.32 Å². The molecule has 56 valence electrons. The van der Waals surface area contributed by atoms with Gasteiger partial charge in [-0.2, -0.15) is 0 Å². The van der Waals surface area contributed by atoms with Crippen LogP contribution in [0, 0.1) is 0 Å². The summed E-state index contributed by atoms with van der Waals surface area (Å²) in [6, 6.07) is 0. The lowest BCUT2D eigenvalue weighted by atomic mass is 10.8. The second-order valence-corrected chi connectivity index (χ2v) is 3.98. The largest absolute Gasteiger partial charge is 0.362 e. The molecule has 0 aliphatic heterocycles. The van der Waals surface area contributed by atoms with Crippen molar-refractivity contribution < 1.29 is 4.74 Å². The van der Waals surface area contributed by atoms with E-state index in [-0.39, 0.29) is 6.61 Å². The van der Waals surface area contributed by atoms with Crippen LogP contribution >= 0.6 is 34.8 Å². The predicted molar refractivity (Wildman–Crippen MR) is 40.2 cm³/mol. The van der Waals surface area contributed by atoms with Gasteiger partial charge >= 0.3 is 0 Å². The molecule has 0 aromatic carbocycles. The van der Waals surface area contributed by atoms with Crippen molar-refractivity contribution in [2.24, 2.45) is 0 Å². The minimum atomic E-state index is -1.29. The minimum Gasteiger partial charge on any atom is -0.362 e. The molecule has 0 aromatic heterocycles. The van der Waals surface area contributed by atoms with Gasteiger partial charge in [0, 0.05) is 0 Å². The van der Waals surface area contributed by atoms with Gasteiger partial charge in [0.15, 0.2) is 0 Å². The van der Waals surface area contributed by atoms with Gasteiger partial charge in [0.05, 0.1) is 13.3 Å². The molecule has 0 aliphatic rings. The molecule has 0 saturated heterocycles. The molecule has 0 fully saturated rings. The monoisotopic (exact) mass is 191 g/mol. The number of ether oxygens (including phenoxy) is 1. The van der Waals surface area contributed by atoms with Gasteiger partial charge in [-0.25, -0.2) is 0 Å². The molecular formula is C4H8Cl3NO. The maximum atomic E-state index is 5.35. The zero-order chi connectivity index (χ0) is 7.33. The minimum absolute atomic E-state index is 0.110. The molecule has 0 radical (unpaired) electrons. The van der Waals surface area contributed by atoms with Crippen molar-refractivity contribution in [1.29, 1.82) is 0 Å². The fraction of sp³-hybridized carbons (Fsp3) is 1.00. The lowest BCUT2D eigenvalue weighted by molar-refractivity contribution is 0.126. The Morgan fingerprint density at radius 3 is 2.33 bits per heavy atom. The molecule has 0 spiro atoms. The maximum absolute atomic E-state index is 5.35. The second kappa shape index (κ2) is 4.58. The van der Waals surface area contributed by atoms with E-state index in [1.807, 2.05) is 0 Å². The average Bonchev–Trinajstić information content (AvgIpc) is 1.63. The normalized spacial score (nSPS) is 12.0. The van der Waals surface area contributed by atoms with Crippen molar-refractivity contribution in [3.8, 4) is 0 Å². The molecule has 0 saturated carbocycles. The van der Waals surface area contributed by atoms with E-state index in [0.717, 1.165) is 0 Å². The standard InChI is InChI=1S/C4H8Cl3NO/c1-8-3-9-2-4(5,6)7/h8H,2-3H2,1H3. The second-order valence-electron chi connectivity index (χ2n) is 1.46. The number of hydrogen-bond donors (Lipinski definition) is 1. The fourth-order valence-corrected chi connectivity index (χ4v) is 0.500. The van der Waals surface area contributed by atoms with E-state index in [2.05, 4.69) is 5.32 Å². The first kappa shape index (κ1) is 9.79. The van der Waals surface area contributed by atoms with Gasteiger partial charge in [-0.05, 0) is 7.05 Å². The fourth-order valence-electron chi connectivity index (χ4n) is 0.269. The summed E-state index contributed by atoms with van der Waals surface area (Å²) in [5, 5.41) is 2.74. The molecule has 0 unspecified atom stereocenters. The Balaban J connectivity index is 3.07. The highest BCUT2D eigenvalue weighted by Crippen LogP contribution is 2.25. The third-order valence-electron chi connectivity index (χ3n) is 0.512. The highest BCUT2D eigenvalue weighted by atomic mass is 35.6. The molecule has 1 N–H and O–H groups in total. The quantitative estimate of drug-likeness (QED) is 0.416. The number of alkyl halides is 3. The van der Waals surface area contributed by atoms with Crippen molar-refractivity contribution in [2.45, 2.75) is 3.79 Å². The third kappa shape index (κ3) is 8.79. The summed E-state index contributed by atoms with van der Waals surface area (Å²) in [4.78, 5) is 0. The molecule has 2 nitrogen and oxygen atoms in total. The lowest BCUT2D eigenvalue weighted by Gasteiger charge is -2.09. The van der Waals surface area contributed by atoms with E-state index in [0.29, 0.717) is 6.73 Å². The summed E-state index contributed by atoms with van der Waals surface area (Å²) in [7, 11) is 1.75. The van der Waals surface area contributed by atoms with Crippen LogP contribution in [0.15, 0.2) is 0 Å². The first-order valence-corrected chi connectivity index (χ1v) is 3.49. The van der Waals surface area contributed by atoms with Gasteiger partial charge in [-0.15, -0.1) is 0 Å².